The monoisotopic (exact) mass is 252 g/mol. The largest absolute Gasteiger partial charge is 0.381 e. The van der Waals surface area contributed by atoms with Crippen molar-refractivity contribution in [2.45, 2.75) is 43.9 Å². The van der Waals surface area contributed by atoms with Crippen LogP contribution in [-0.4, -0.2) is 19.0 Å². The zero-order valence-electron chi connectivity index (χ0n) is 10.9. The molecule has 0 N–H and O–H groups in total. The molecular formula is C15H24OS. The molecule has 1 aromatic rings. The van der Waals surface area contributed by atoms with Crippen LogP contribution in [0.15, 0.2) is 35.2 Å². The van der Waals surface area contributed by atoms with Crippen LogP contribution < -0.4 is 0 Å². The third-order valence-electron chi connectivity index (χ3n) is 2.63. The van der Waals surface area contributed by atoms with Gasteiger partial charge in [-0.15, -0.1) is 11.8 Å². The summed E-state index contributed by atoms with van der Waals surface area (Å²) in [4.78, 5) is 1.33. The summed E-state index contributed by atoms with van der Waals surface area (Å²) in [6, 6.07) is 10.5. The molecule has 0 spiro atoms. The summed E-state index contributed by atoms with van der Waals surface area (Å²) in [5.41, 5.74) is 0. The van der Waals surface area contributed by atoms with Gasteiger partial charge >= 0.3 is 0 Å². The Morgan fingerprint density at radius 1 is 0.941 bits per heavy atom. The summed E-state index contributed by atoms with van der Waals surface area (Å²) in [7, 11) is 0. The molecule has 0 aromatic heterocycles. The van der Waals surface area contributed by atoms with Crippen LogP contribution in [0.3, 0.4) is 0 Å². The molecule has 1 rings (SSSR count). The first-order chi connectivity index (χ1) is 8.43. The Morgan fingerprint density at radius 3 is 2.47 bits per heavy atom. The molecule has 2 heteroatoms. The van der Waals surface area contributed by atoms with E-state index >= 15 is 0 Å². The number of hydrogen-bond acceptors (Lipinski definition) is 2. The third kappa shape index (κ3) is 8.28. The van der Waals surface area contributed by atoms with E-state index in [4.69, 9.17) is 4.74 Å². The van der Waals surface area contributed by atoms with E-state index < -0.39 is 0 Å². The fourth-order valence-corrected chi connectivity index (χ4v) is 2.43. The van der Waals surface area contributed by atoms with Crippen molar-refractivity contribution in [2.75, 3.05) is 19.0 Å². The Balaban J connectivity index is 1.85. The Bertz CT molecular complexity index is 261. The Kier molecular flexibility index (Phi) is 9.16. The highest BCUT2D eigenvalue weighted by atomic mass is 32.2. The van der Waals surface area contributed by atoms with Gasteiger partial charge in [0, 0.05) is 17.3 Å². The van der Waals surface area contributed by atoms with E-state index in [-0.39, 0.29) is 0 Å². The first-order valence-corrected chi connectivity index (χ1v) is 7.67. The van der Waals surface area contributed by atoms with Gasteiger partial charge in [0.1, 0.15) is 0 Å². The van der Waals surface area contributed by atoms with E-state index in [9.17, 15) is 0 Å². The Morgan fingerprint density at radius 2 is 1.71 bits per heavy atom. The second-order valence-corrected chi connectivity index (χ2v) is 5.36. The lowest BCUT2D eigenvalue weighted by atomic mass is 10.2. The molecule has 1 aromatic carbocycles. The average molecular weight is 252 g/mol. The molecule has 0 radical (unpaired) electrons. The summed E-state index contributed by atoms with van der Waals surface area (Å²) in [5.74, 6) is 1.05. The molecule has 0 saturated heterocycles. The van der Waals surface area contributed by atoms with Gasteiger partial charge in [0.25, 0.3) is 0 Å². The molecule has 0 unspecified atom stereocenters. The van der Waals surface area contributed by atoms with Gasteiger partial charge in [0.2, 0.25) is 0 Å². The van der Waals surface area contributed by atoms with E-state index in [1.165, 1.54) is 37.0 Å². The first kappa shape index (κ1) is 14.6. The van der Waals surface area contributed by atoms with Gasteiger partial charge in [-0.1, -0.05) is 50.8 Å². The van der Waals surface area contributed by atoms with Gasteiger partial charge in [0.15, 0.2) is 0 Å². The van der Waals surface area contributed by atoms with Crippen molar-refractivity contribution in [2.24, 2.45) is 0 Å². The van der Waals surface area contributed by atoms with Gasteiger partial charge in [-0.25, -0.2) is 0 Å². The summed E-state index contributed by atoms with van der Waals surface area (Å²) >= 11 is 1.87. The zero-order valence-corrected chi connectivity index (χ0v) is 11.7. The van der Waals surface area contributed by atoms with E-state index in [1.807, 2.05) is 11.8 Å². The smallest absolute Gasteiger partial charge is 0.0560 e. The number of hydrogen-bond donors (Lipinski definition) is 0. The maximum absolute atomic E-state index is 5.61. The van der Waals surface area contributed by atoms with Crippen LogP contribution in [0.2, 0.25) is 0 Å². The molecule has 0 fully saturated rings. The van der Waals surface area contributed by atoms with Crippen molar-refractivity contribution in [3.05, 3.63) is 30.3 Å². The van der Waals surface area contributed by atoms with Crippen molar-refractivity contribution in [1.82, 2.24) is 0 Å². The molecule has 17 heavy (non-hydrogen) atoms. The molecule has 0 aliphatic carbocycles. The molecular weight excluding hydrogens is 228 g/mol. The lowest BCUT2D eigenvalue weighted by Crippen LogP contribution is -1.99. The van der Waals surface area contributed by atoms with Gasteiger partial charge < -0.3 is 4.74 Å². The SMILES string of the molecule is CCCCCCCOCCSc1ccccc1. The lowest BCUT2D eigenvalue weighted by molar-refractivity contribution is 0.145. The summed E-state index contributed by atoms with van der Waals surface area (Å²) < 4.78 is 5.61. The molecule has 0 amide bonds. The Labute approximate surface area is 110 Å². The van der Waals surface area contributed by atoms with E-state index in [0.29, 0.717) is 0 Å². The van der Waals surface area contributed by atoms with Crippen LogP contribution in [0.5, 0.6) is 0 Å². The number of ether oxygens (including phenoxy) is 1. The van der Waals surface area contributed by atoms with E-state index in [1.54, 1.807) is 0 Å². The number of unbranched alkanes of at least 4 members (excludes halogenated alkanes) is 4. The van der Waals surface area contributed by atoms with Crippen molar-refractivity contribution < 1.29 is 4.74 Å². The molecule has 96 valence electrons. The third-order valence-corrected chi connectivity index (χ3v) is 3.61. The standard InChI is InChI=1S/C15H24OS/c1-2-3-4-5-9-12-16-13-14-17-15-10-7-6-8-11-15/h6-8,10-11H,2-5,9,12-14H2,1H3. The van der Waals surface area contributed by atoms with Crippen LogP contribution in [0.1, 0.15) is 39.0 Å². The lowest BCUT2D eigenvalue weighted by Gasteiger charge is -2.04. The van der Waals surface area contributed by atoms with Gasteiger partial charge in [-0.05, 0) is 18.6 Å². The maximum Gasteiger partial charge on any atom is 0.0560 e. The second kappa shape index (κ2) is 10.7. The minimum atomic E-state index is 0.868. The molecule has 0 saturated carbocycles. The first-order valence-electron chi connectivity index (χ1n) is 6.69. The molecule has 0 aliphatic heterocycles. The van der Waals surface area contributed by atoms with Crippen LogP contribution in [-0.2, 0) is 4.74 Å². The van der Waals surface area contributed by atoms with Crippen LogP contribution >= 0.6 is 11.8 Å². The fourth-order valence-electron chi connectivity index (χ4n) is 1.64. The van der Waals surface area contributed by atoms with Gasteiger partial charge in [-0.3, -0.25) is 0 Å². The fraction of sp³-hybridized carbons (Fsp3) is 0.600. The van der Waals surface area contributed by atoms with Crippen molar-refractivity contribution in [1.29, 1.82) is 0 Å². The summed E-state index contributed by atoms with van der Waals surface area (Å²) in [6.07, 6.45) is 6.58. The molecule has 0 bridgehead atoms. The molecule has 1 nitrogen and oxygen atoms in total. The predicted molar refractivity (Wildman–Crippen MR) is 76.7 cm³/mol. The highest BCUT2D eigenvalue weighted by molar-refractivity contribution is 7.99. The molecule has 0 aliphatic rings. The summed E-state index contributed by atoms with van der Waals surface area (Å²) in [6.45, 7) is 4.05. The van der Waals surface area contributed by atoms with E-state index in [2.05, 4.69) is 37.3 Å². The van der Waals surface area contributed by atoms with Crippen LogP contribution in [0.25, 0.3) is 0 Å². The highest BCUT2D eigenvalue weighted by Gasteiger charge is 1.93. The number of rotatable bonds is 10. The summed E-state index contributed by atoms with van der Waals surface area (Å²) in [5, 5.41) is 0. The minimum absolute atomic E-state index is 0.868. The topological polar surface area (TPSA) is 9.23 Å². The van der Waals surface area contributed by atoms with Crippen LogP contribution in [0.4, 0.5) is 0 Å². The number of thioether (sulfide) groups is 1. The normalized spacial score (nSPS) is 10.6. The maximum atomic E-state index is 5.61. The molecule has 0 heterocycles. The van der Waals surface area contributed by atoms with Crippen molar-refractivity contribution in [3.63, 3.8) is 0 Å². The zero-order chi connectivity index (χ0) is 12.2. The van der Waals surface area contributed by atoms with E-state index in [0.717, 1.165) is 19.0 Å². The van der Waals surface area contributed by atoms with Crippen molar-refractivity contribution in [3.8, 4) is 0 Å². The quantitative estimate of drug-likeness (QED) is 0.438. The number of benzene rings is 1. The second-order valence-electron chi connectivity index (χ2n) is 4.19. The van der Waals surface area contributed by atoms with Crippen LogP contribution in [0, 0.1) is 0 Å². The van der Waals surface area contributed by atoms with Gasteiger partial charge in [-0.2, -0.15) is 0 Å². The minimum Gasteiger partial charge on any atom is -0.381 e. The molecule has 0 atom stereocenters. The highest BCUT2D eigenvalue weighted by Crippen LogP contribution is 2.16. The van der Waals surface area contributed by atoms with Gasteiger partial charge in [0.05, 0.1) is 6.61 Å². The predicted octanol–water partition coefficient (Wildman–Crippen LogP) is 4.77. The average Bonchev–Trinajstić information content (AvgIpc) is 2.38. The Hall–Kier alpha value is -0.470. The van der Waals surface area contributed by atoms with Crippen molar-refractivity contribution >= 4 is 11.8 Å².